The summed E-state index contributed by atoms with van der Waals surface area (Å²) in [7, 11) is -3.34. The van der Waals surface area contributed by atoms with E-state index in [1.165, 1.54) is 18.3 Å². The molecule has 0 aliphatic carbocycles. The highest BCUT2D eigenvalue weighted by atomic mass is 32.2. The molecule has 0 fully saturated rings. The lowest BCUT2D eigenvalue weighted by Crippen LogP contribution is -2.17. The van der Waals surface area contributed by atoms with Crippen LogP contribution in [0.25, 0.3) is 0 Å². The Morgan fingerprint density at radius 2 is 1.81 bits per heavy atom. The zero-order valence-electron chi connectivity index (χ0n) is 14.6. The van der Waals surface area contributed by atoms with Crippen LogP contribution in [0, 0.1) is 0 Å². The van der Waals surface area contributed by atoms with Crippen LogP contribution in [0.2, 0.25) is 0 Å². The molecule has 0 bridgehead atoms. The van der Waals surface area contributed by atoms with Crippen molar-refractivity contribution in [3.8, 4) is 11.5 Å². The number of esters is 1. The fourth-order valence-electron chi connectivity index (χ4n) is 1.83. The maximum atomic E-state index is 11.5. The van der Waals surface area contributed by atoms with Crippen molar-refractivity contribution >= 4 is 21.5 Å². The number of hydrogen-bond acceptors (Lipinski definition) is 8. The Balaban J connectivity index is 2.00. The number of rotatable bonds is 7. The number of carbonyl (C=O) groups is 1. The van der Waals surface area contributed by atoms with Gasteiger partial charge in [-0.2, -0.15) is 10.2 Å². The van der Waals surface area contributed by atoms with Gasteiger partial charge in [-0.15, -0.1) is 0 Å². The van der Waals surface area contributed by atoms with Gasteiger partial charge in [-0.25, -0.2) is 18.2 Å². The first-order valence-corrected chi connectivity index (χ1v) is 9.70. The van der Waals surface area contributed by atoms with E-state index in [-0.39, 0.29) is 5.03 Å². The zero-order valence-corrected chi connectivity index (χ0v) is 15.4. The molecule has 0 saturated carbocycles. The number of nitrogens with zero attached hydrogens (tertiary/aromatic N) is 3. The first-order chi connectivity index (χ1) is 12.3. The Hall–Kier alpha value is -2.81. The molecular weight excluding hydrogens is 358 g/mol. The van der Waals surface area contributed by atoms with Crippen LogP contribution in [0.1, 0.15) is 13.8 Å². The lowest BCUT2D eigenvalue weighted by atomic mass is 10.3. The fraction of sp³-hybridized carbons (Fsp3) is 0.294. The maximum Gasteiger partial charge on any atom is 0.332 e. The van der Waals surface area contributed by atoms with Crippen LogP contribution in [-0.2, 0) is 19.4 Å². The highest BCUT2D eigenvalue weighted by Crippen LogP contribution is 2.24. The standard InChI is InChI=1S/C17H19N3O5S/c1-4-24-17(21)12(2)19-20-13-5-7-14(8-6-13)25-15-9-10-16(18-11-15)26(3,22)23/h5-12H,4H2,1-3H3. The highest BCUT2D eigenvalue weighted by Gasteiger charge is 2.12. The average Bonchev–Trinajstić information content (AvgIpc) is 2.61. The van der Waals surface area contributed by atoms with Crippen LogP contribution in [-0.4, -0.2) is 38.3 Å². The second-order valence-corrected chi connectivity index (χ2v) is 7.31. The largest absolute Gasteiger partial charge is 0.464 e. The lowest BCUT2D eigenvalue weighted by molar-refractivity contribution is -0.144. The fourth-order valence-corrected chi connectivity index (χ4v) is 2.39. The van der Waals surface area contributed by atoms with Gasteiger partial charge in [-0.05, 0) is 50.2 Å². The van der Waals surface area contributed by atoms with Gasteiger partial charge in [0.25, 0.3) is 0 Å². The van der Waals surface area contributed by atoms with Crippen molar-refractivity contribution in [2.24, 2.45) is 10.2 Å². The van der Waals surface area contributed by atoms with Crippen molar-refractivity contribution in [2.75, 3.05) is 12.9 Å². The van der Waals surface area contributed by atoms with Gasteiger partial charge >= 0.3 is 5.97 Å². The molecule has 138 valence electrons. The third-order valence-electron chi connectivity index (χ3n) is 3.14. The Morgan fingerprint density at radius 3 is 2.35 bits per heavy atom. The van der Waals surface area contributed by atoms with E-state index in [2.05, 4.69) is 15.2 Å². The van der Waals surface area contributed by atoms with E-state index < -0.39 is 21.8 Å². The van der Waals surface area contributed by atoms with Crippen molar-refractivity contribution in [3.63, 3.8) is 0 Å². The van der Waals surface area contributed by atoms with Gasteiger partial charge in [0.05, 0.1) is 18.5 Å². The van der Waals surface area contributed by atoms with E-state index >= 15 is 0 Å². The number of pyridine rings is 1. The Kier molecular flexibility index (Phi) is 6.40. The number of azo groups is 1. The zero-order chi connectivity index (χ0) is 19.2. The lowest BCUT2D eigenvalue weighted by Gasteiger charge is -2.06. The number of ether oxygens (including phenoxy) is 2. The van der Waals surface area contributed by atoms with Crippen molar-refractivity contribution in [3.05, 3.63) is 42.6 Å². The molecule has 2 aromatic rings. The predicted molar refractivity (Wildman–Crippen MR) is 94.5 cm³/mol. The van der Waals surface area contributed by atoms with Crippen LogP contribution < -0.4 is 4.74 Å². The number of sulfone groups is 1. The smallest absolute Gasteiger partial charge is 0.332 e. The molecule has 0 aliphatic heterocycles. The highest BCUT2D eigenvalue weighted by molar-refractivity contribution is 7.90. The first kappa shape index (κ1) is 19.5. The molecule has 0 aliphatic rings. The molecular formula is C17H19N3O5S. The minimum atomic E-state index is -3.34. The summed E-state index contributed by atoms with van der Waals surface area (Å²) in [4.78, 5) is 15.3. The summed E-state index contributed by atoms with van der Waals surface area (Å²) in [6.07, 6.45) is 2.43. The molecule has 1 aromatic carbocycles. The van der Waals surface area contributed by atoms with Crippen LogP contribution in [0.4, 0.5) is 5.69 Å². The summed E-state index contributed by atoms with van der Waals surface area (Å²) in [6, 6.07) is 8.93. The second-order valence-electron chi connectivity index (χ2n) is 5.34. The monoisotopic (exact) mass is 377 g/mol. The van der Waals surface area contributed by atoms with Crippen LogP contribution in [0.15, 0.2) is 57.8 Å². The quantitative estimate of drug-likeness (QED) is 0.541. The summed E-state index contributed by atoms with van der Waals surface area (Å²) in [5.74, 6) is 0.500. The Labute approximate surface area is 151 Å². The summed E-state index contributed by atoms with van der Waals surface area (Å²) in [5, 5.41) is 7.87. The third-order valence-corrected chi connectivity index (χ3v) is 4.14. The molecule has 1 heterocycles. The average molecular weight is 377 g/mol. The molecule has 8 nitrogen and oxygen atoms in total. The van der Waals surface area contributed by atoms with Crippen LogP contribution >= 0.6 is 0 Å². The maximum absolute atomic E-state index is 11.5. The minimum absolute atomic E-state index is 0.0173. The van der Waals surface area contributed by atoms with Crippen molar-refractivity contribution in [1.29, 1.82) is 0 Å². The van der Waals surface area contributed by atoms with Crippen LogP contribution in [0.3, 0.4) is 0 Å². The molecule has 0 N–H and O–H groups in total. The van der Waals surface area contributed by atoms with Crippen molar-refractivity contribution < 1.29 is 22.7 Å². The van der Waals surface area contributed by atoms with Crippen molar-refractivity contribution in [1.82, 2.24) is 4.98 Å². The first-order valence-electron chi connectivity index (χ1n) is 7.81. The van der Waals surface area contributed by atoms with Gasteiger partial charge in [0.1, 0.15) is 11.5 Å². The van der Waals surface area contributed by atoms with Gasteiger partial charge in [0, 0.05) is 6.26 Å². The molecule has 2 rings (SSSR count). The molecule has 1 atom stereocenters. The van der Waals surface area contributed by atoms with Crippen LogP contribution in [0.5, 0.6) is 11.5 Å². The predicted octanol–water partition coefficient (Wildman–Crippen LogP) is 3.31. The van der Waals surface area contributed by atoms with Gasteiger partial charge < -0.3 is 9.47 Å². The Bertz CT molecular complexity index is 878. The number of benzene rings is 1. The summed E-state index contributed by atoms with van der Waals surface area (Å²) < 4.78 is 33.2. The summed E-state index contributed by atoms with van der Waals surface area (Å²) in [6.45, 7) is 3.63. The van der Waals surface area contributed by atoms with E-state index in [9.17, 15) is 13.2 Å². The SMILES string of the molecule is CCOC(=O)C(C)N=Nc1ccc(Oc2ccc(S(C)(=O)=O)nc2)cc1. The molecule has 0 amide bonds. The molecule has 1 unspecified atom stereocenters. The third kappa shape index (κ3) is 5.62. The molecule has 0 radical (unpaired) electrons. The van der Waals surface area contributed by atoms with Crippen molar-refractivity contribution in [2.45, 2.75) is 24.9 Å². The minimum Gasteiger partial charge on any atom is -0.464 e. The van der Waals surface area contributed by atoms with E-state index in [0.29, 0.717) is 23.8 Å². The molecule has 9 heteroatoms. The normalized spacial score (nSPS) is 12.7. The van der Waals surface area contributed by atoms with E-state index in [1.54, 1.807) is 38.1 Å². The molecule has 0 spiro atoms. The molecule has 1 aromatic heterocycles. The van der Waals surface area contributed by atoms with E-state index in [1.807, 2.05) is 0 Å². The number of aromatic nitrogens is 1. The van der Waals surface area contributed by atoms with E-state index in [4.69, 9.17) is 9.47 Å². The van der Waals surface area contributed by atoms with Gasteiger partial charge in [-0.1, -0.05) is 0 Å². The van der Waals surface area contributed by atoms with Gasteiger partial charge in [0.2, 0.25) is 0 Å². The van der Waals surface area contributed by atoms with Gasteiger partial charge in [0.15, 0.2) is 20.9 Å². The number of carbonyl (C=O) groups excluding carboxylic acids is 1. The number of hydrogen-bond donors (Lipinski definition) is 0. The second kappa shape index (κ2) is 8.52. The van der Waals surface area contributed by atoms with E-state index in [0.717, 1.165) is 6.26 Å². The molecule has 0 saturated heterocycles. The summed E-state index contributed by atoms with van der Waals surface area (Å²) >= 11 is 0. The molecule has 26 heavy (non-hydrogen) atoms. The van der Waals surface area contributed by atoms with Gasteiger partial charge in [-0.3, -0.25) is 0 Å². The topological polar surface area (TPSA) is 107 Å². The Morgan fingerprint density at radius 1 is 1.15 bits per heavy atom. The summed E-state index contributed by atoms with van der Waals surface area (Å²) in [5.41, 5.74) is 0.555.